The minimum atomic E-state index is 0.829. The molecular weight excluding hydrogens is 202 g/mol. The maximum Gasteiger partial charge on any atom is 0.165 e. The first-order valence-electron chi connectivity index (χ1n) is 5.78. The van der Waals surface area contributed by atoms with Crippen molar-refractivity contribution in [1.82, 2.24) is 19.5 Å². The van der Waals surface area contributed by atoms with E-state index in [1.54, 1.807) is 6.33 Å². The van der Waals surface area contributed by atoms with E-state index in [2.05, 4.69) is 31.8 Å². The lowest BCUT2D eigenvalue weighted by molar-refractivity contribution is 0.638. The highest BCUT2D eigenvalue weighted by atomic mass is 15.1. The molecule has 0 unspecified atom stereocenters. The fourth-order valence-corrected chi connectivity index (χ4v) is 1.89. The molecule has 1 N–H and O–H groups in total. The van der Waals surface area contributed by atoms with Crippen molar-refractivity contribution in [2.24, 2.45) is 5.92 Å². The van der Waals surface area contributed by atoms with Crippen LogP contribution in [0, 0.1) is 5.92 Å². The third kappa shape index (κ3) is 1.62. The maximum atomic E-state index is 4.39. The Bertz CT molecular complexity index is 500. The van der Waals surface area contributed by atoms with E-state index in [4.69, 9.17) is 0 Å². The highest BCUT2D eigenvalue weighted by molar-refractivity contribution is 5.82. The van der Waals surface area contributed by atoms with Gasteiger partial charge in [0.1, 0.15) is 11.8 Å². The lowest BCUT2D eigenvalue weighted by atomic mass is 10.4. The van der Waals surface area contributed by atoms with Crippen molar-refractivity contribution in [3.05, 3.63) is 12.7 Å². The first kappa shape index (κ1) is 9.57. The van der Waals surface area contributed by atoms with E-state index >= 15 is 0 Å². The minimum absolute atomic E-state index is 0.829. The second kappa shape index (κ2) is 3.73. The van der Waals surface area contributed by atoms with Crippen LogP contribution in [0.3, 0.4) is 0 Å². The molecule has 2 aromatic rings. The number of aromatic nitrogens is 4. The standard InChI is InChI=1S/C11H15N5/c1-2-12-10-9-11(14-6-13-10)16(7-15-9)5-8-3-4-8/h6-8H,2-5H2,1H3,(H,12,13,14). The van der Waals surface area contributed by atoms with Crippen LogP contribution in [0.4, 0.5) is 5.82 Å². The third-order valence-corrected chi connectivity index (χ3v) is 2.90. The zero-order valence-corrected chi connectivity index (χ0v) is 9.35. The number of rotatable bonds is 4. The molecule has 5 heteroatoms. The molecule has 0 aromatic carbocycles. The van der Waals surface area contributed by atoms with Crippen molar-refractivity contribution in [2.45, 2.75) is 26.3 Å². The van der Waals surface area contributed by atoms with Gasteiger partial charge in [-0.25, -0.2) is 15.0 Å². The Balaban J connectivity index is 2.01. The molecule has 0 atom stereocenters. The van der Waals surface area contributed by atoms with Gasteiger partial charge in [-0.05, 0) is 25.7 Å². The number of anilines is 1. The van der Waals surface area contributed by atoms with Crippen LogP contribution >= 0.6 is 0 Å². The average molecular weight is 217 g/mol. The molecule has 0 saturated heterocycles. The number of imidazole rings is 1. The van der Waals surface area contributed by atoms with Crippen LogP contribution in [0.25, 0.3) is 11.2 Å². The summed E-state index contributed by atoms with van der Waals surface area (Å²) in [5.41, 5.74) is 1.82. The normalized spacial score (nSPS) is 15.6. The monoisotopic (exact) mass is 217 g/mol. The van der Waals surface area contributed by atoms with E-state index in [-0.39, 0.29) is 0 Å². The highest BCUT2D eigenvalue weighted by Gasteiger charge is 2.23. The molecule has 0 radical (unpaired) electrons. The average Bonchev–Trinajstić information content (AvgIpc) is 3.01. The summed E-state index contributed by atoms with van der Waals surface area (Å²) < 4.78 is 2.13. The molecule has 0 spiro atoms. The number of nitrogens with zero attached hydrogens (tertiary/aromatic N) is 4. The van der Waals surface area contributed by atoms with Crippen LogP contribution in [0.5, 0.6) is 0 Å². The molecule has 1 fully saturated rings. The Morgan fingerprint density at radius 3 is 3.00 bits per heavy atom. The van der Waals surface area contributed by atoms with Gasteiger partial charge in [-0.3, -0.25) is 0 Å². The molecule has 0 aliphatic heterocycles. The van der Waals surface area contributed by atoms with Gasteiger partial charge in [0.2, 0.25) is 0 Å². The fraction of sp³-hybridized carbons (Fsp3) is 0.545. The molecule has 0 bridgehead atoms. The largest absolute Gasteiger partial charge is 0.368 e. The van der Waals surface area contributed by atoms with Crippen molar-refractivity contribution >= 4 is 17.0 Å². The van der Waals surface area contributed by atoms with E-state index in [1.165, 1.54) is 12.8 Å². The molecule has 1 aliphatic carbocycles. The minimum Gasteiger partial charge on any atom is -0.368 e. The predicted octanol–water partition coefficient (Wildman–Crippen LogP) is 1.67. The molecule has 1 saturated carbocycles. The van der Waals surface area contributed by atoms with Crippen LogP contribution < -0.4 is 5.32 Å². The molecule has 1 aliphatic rings. The van der Waals surface area contributed by atoms with Crippen LogP contribution in [0.2, 0.25) is 0 Å². The number of nitrogens with one attached hydrogen (secondary N) is 1. The number of fused-ring (bicyclic) bond motifs is 1. The van der Waals surface area contributed by atoms with E-state index in [1.807, 2.05) is 6.33 Å². The first-order valence-corrected chi connectivity index (χ1v) is 5.78. The van der Waals surface area contributed by atoms with Gasteiger partial charge in [-0.2, -0.15) is 0 Å². The summed E-state index contributed by atoms with van der Waals surface area (Å²) in [6.45, 7) is 3.94. The Labute approximate surface area is 93.9 Å². The summed E-state index contributed by atoms with van der Waals surface area (Å²) in [4.78, 5) is 12.9. The molecular formula is C11H15N5. The van der Waals surface area contributed by atoms with Crippen LogP contribution in [-0.4, -0.2) is 26.1 Å². The van der Waals surface area contributed by atoms with E-state index in [0.29, 0.717) is 0 Å². The fourth-order valence-electron chi connectivity index (χ4n) is 1.89. The van der Waals surface area contributed by atoms with E-state index in [9.17, 15) is 0 Å². The quantitative estimate of drug-likeness (QED) is 0.846. The van der Waals surface area contributed by atoms with Gasteiger partial charge in [0.25, 0.3) is 0 Å². The van der Waals surface area contributed by atoms with E-state index in [0.717, 1.165) is 36.0 Å². The van der Waals surface area contributed by atoms with Crippen molar-refractivity contribution in [2.75, 3.05) is 11.9 Å². The number of hydrogen-bond donors (Lipinski definition) is 1. The SMILES string of the molecule is CCNc1ncnc2c1ncn2CC1CC1. The van der Waals surface area contributed by atoms with Crippen molar-refractivity contribution in [1.29, 1.82) is 0 Å². The second-order valence-electron chi connectivity index (χ2n) is 4.27. The zero-order valence-electron chi connectivity index (χ0n) is 9.35. The molecule has 5 nitrogen and oxygen atoms in total. The highest BCUT2D eigenvalue weighted by Crippen LogP contribution is 2.31. The van der Waals surface area contributed by atoms with Crippen LogP contribution in [-0.2, 0) is 6.54 Å². The van der Waals surface area contributed by atoms with Crippen molar-refractivity contribution < 1.29 is 0 Å². The zero-order chi connectivity index (χ0) is 11.0. The van der Waals surface area contributed by atoms with Crippen LogP contribution in [0.1, 0.15) is 19.8 Å². The van der Waals surface area contributed by atoms with Gasteiger partial charge in [0, 0.05) is 13.1 Å². The predicted molar refractivity (Wildman–Crippen MR) is 62.2 cm³/mol. The Morgan fingerprint density at radius 1 is 1.38 bits per heavy atom. The van der Waals surface area contributed by atoms with Gasteiger partial charge >= 0.3 is 0 Å². The maximum absolute atomic E-state index is 4.39. The summed E-state index contributed by atoms with van der Waals surface area (Å²) in [6, 6.07) is 0. The third-order valence-electron chi connectivity index (χ3n) is 2.90. The van der Waals surface area contributed by atoms with E-state index < -0.39 is 0 Å². The first-order chi connectivity index (χ1) is 7.88. The molecule has 2 heterocycles. The Morgan fingerprint density at radius 2 is 2.25 bits per heavy atom. The lowest BCUT2D eigenvalue weighted by Gasteiger charge is -2.03. The lowest BCUT2D eigenvalue weighted by Crippen LogP contribution is -2.02. The van der Waals surface area contributed by atoms with Gasteiger partial charge < -0.3 is 9.88 Å². The van der Waals surface area contributed by atoms with Gasteiger partial charge in [0.05, 0.1) is 6.33 Å². The molecule has 84 valence electrons. The Kier molecular flexibility index (Phi) is 2.23. The number of hydrogen-bond acceptors (Lipinski definition) is 4. The smallest absolute Gasteiger partial charge is 0.165 e. The Hall–Kier alpha value is -1.65. The van der Waals surface area contributed by atoms with Crippen molar-refractivity contribution in [3.8, 4) is 0 Å². The summed E-state index contributed by atoms with van der Waals surface area (Å²) >= 11 is 0. The summed E-state index contributed by atoms with van der Waals surface area (Å²) in [5.74, 6) is 1.66. The summed E-state index contributed by atoms with van der Waals surface area (Å²) in [5, 5.41) is 3.21. The topological polar surface area (TPSA) is 55.6 Å². The van der Waals surface area contributed by atoms with Gasteiger partial charge in [0.15, 0.2) is 11.5 Å². The molecule has 16 heavy (non-hydrogen) atoms. The summed E-state index contributed by atoms with van der Waals surface area (Å²) in [6.07, 6.45) is 6.15. The van der Waals surface area contributed by atoms with Crippen molar-refractivity contribution in [3.63, 3.8) is 0 Å². The molecule has 2 aromatic heterocycles. The van der Waals surface area contributed by atoms with Gasteiger partial charge in [-0.1, -0.05) is 0 Å². The van der Waals surface area contributed by atoms with Crippen LogP contribution in [0.15, 0.2) is 12.7 Å². The molecule has 0 amide bonds. The van der Waals surface area contributed by atoms with Gasteiger partial charge in [-0.15, -0.1) is 0 Å². The molecule has 3 rings (SSSR count). The summed E-state index contributed by atoms with van der Waals surface area (Å²) in [7, 11) is 0. The second-order valence-corrected chi connectivity index (χ2v) is 4.27.